The molecule has 6 nitrogen and oxygen atoms in total. The van der Waals surface area contributed by atoms with E-state index in [1.54, 1.807) is 30.5 Å². The van der Waals surface area contributed by atoms with Gasteiger partial charge in [-0.15, -0.1) is 0 Å². The van der Waals surface area contributed by atoms with Gasteiger partial charge in [-0.05, 0) is 61.4 Å². The Morgan fingerprint density at radius 3 is 2.29 bits per heavy atom. The van der Waals surface area contributed by atoms with Gasteiger partial charge in [0.1, 0.15) is 5.58 Å². The van der Waals surface area contributed by atoms with Gasteiger partial charge >= 0.3 is 5.97 Å². The van der Waals surface area contributed by atoms with E-state index in [1.165, 1.54) is 0 Å². The summed E-state index contributed by atoms with van der Waals surface area (Å²) in [6.07, 6.45) is 1.58. The number of ether oxygens (including phenoxy) is 1. The Balaban J connectivity index is 1.56. The number of carbonyl (C=O) groups is 3. The van der Waals surface area contributed by atoms with Gasteiger partial charge in [-0.1, -0.05) is 20.8 Å². The molecule has 31 heavy (non-hydrogen) atoms. The maximum absolute atomic E-state index is 12.4. The number of rotatable bonds is 6. The van der Waals surface area contributed by atoms with E-state index >= 15 is 0 Å². The van der Waals surface area contributed by atoms with Crippen LogP contribution in [0.4, 0.5) is 5.69 Å². The smallest absolute Gasteiger partial charge is 0.310 e. The van der Waals surface area contributed by atoms with Crippen LogP contribution in [-0.4, -0.2) is 24.3 Å². The summed E-state index contributed by atoms with van der Waals surface area (Å²) in [6, 6.07) is 10.4. The minimum Gasteiger partial charge on any atom is -0.464 e. The zero-order valence-electron chi connectivity index (χ0n) is 18.5. The highest BCUT2D eigenvalue weighted by Crippen LogP contribution is 2.25. The van der Waals surface area contributed by atoms with Gasteiger partial charge in [-0.25, -0.2) is 0 Å². The van der Waals surface area contributed by atoms with E-state index in [0.717, 1.165) is 27.7 Å². The fraction of sp³-hybridized carbons (Fsp3) is 0.320. The highest BCUT2D eigenvalue weighted by molar-refractivity contribution is 5.99. The second kappa shape index (κ2) is 8.76. The maximum Gasteiger partial charge on any atom is 0.310 e. The number of carbonyl (C=O) groups excluding carboxylic acids is 3. The third-order valence-electron chi connectivity index (χ3n) is 5.11. The number of fused-ring (bicyclic) bond motifs is 1. The van der Waals surface area contributed by atoms with E-state index in [9.17, 15) is 14.4 Å². The third-order valence-corrected chi connectivity index (χ3v) is 5.11. The van der Waals surface area contributed by atoms with Crippen LogP contribution >= 0.6 is 0 Å². The molecule has 1 aromatic heterocycles. The predicted molar refractivity (Wildman–Crippen MR) is 119 cm³/mol. The summed E-state index contributed by atoms with van der Waals surface area (Å²) in [5, 5.41) is 3.67. The Bertz CT molecular complexity index is 1130. The highest BCUT2D eigenvalue weighted by atomic mass is 16.5. The normalized spacial score (nSPS) is 11.4. The molecule has 0 aliphatic carbocycles. The lowest BCUT2D eigenvalue weighted by Gasteiger charge is -2.17. The standard InChI is InChI=1S/C25H27NO5/c1-15-10-20-18(13-30-22(20)11-16(15)2)12-23(28)31-14-21(27)17-6-8-19(9-7-17)26-24(29)25(3,4)5/h6-11,13H,12,14H2,1-5H3,(H,26,29). The van der Waals surface area contributed by atoms with Gasteiger partial charge in [0, 0.05) is 27.6 Å². The Kier molecular flexibility index (Phi) is 6.29. The summed E-state index contributed by atoms with van der Waals surface area (Å²) in [5.74, 6) is -0.925. The minimum absolute atomic E-state index is 0.0283. The lowest BCUT2D eigenvalue weighted by atomic mass is 9.95. The molecule has 0 saturated carbocycles. The summed E-state index contributed by atoms with van der Waals surface area (Å²) < 4.78 is 10.7. The summed E-state index contributed by atoms with van der Waals surface area (Å²) in [4.78, 5) is 36.6. The molecule has 1 heterocycles. The van der Waals surface area contributed by atoms with Crippen molar-refractivity contribution in [3.05, 3.63) is 64.9 Å². The first-order chi connectivity index (χ1) is 14.5. The summed E-state index contributed by atoms with van der Waals surface area (Å²) in [7, 11) is 0. The second-order valence-corrected chi connectivity index (χ2v) is 8.74. The van der Waals surface area contributed by atoms with Crippen LogP contribution in [0.15, 0.2) is 47.1 Å². The van der Waals surface area contributed by atoms with Crippen LogP contribution in [0, 0.1) is 19.3 Å². The van der Waals surface area contributed by atoms with Crippen molar-refractivity contribution in [3.8, 4) is 0 Å². The van der Waals surface area contributed by atoms with Crippen molar-refractivity contribution in [2.24, 2.45) is 5.41 Å². The van der Waals surface area contributed by atoms with Gasteiger partial charge in [0.2, 0.25) is 5.91 Å². The molecule has 3 aromatic rings. The minimum atomic E-state index is -0.513. The van der Waals surface area contributed by atoms with Crippen molar-refractivity contribution in [2.45, 2.75) is 41.0 Å². The lowest BCUT2D eigenvalue weighted by Crippen LogP contribution is -2.27. The van der Waals surface area contributed by atoms with Crippen LogP contribution in [0.5, 0.6) is 0 Å². The number of hydrogen-bond acceptors (Lipinski definition) is 5. The molecule has 0 aliphatic heterocycles. The highest BCUT2D eigenvalue weighted by Gasteiger charge is 2.21. The predicted octanol–water partition coefficient (Wildman–Crippen LogP) is 5.00. The average molecular weight is 421 g/mol. The Morgan fingerprint density at radius 1 is 1.00 bits per heavy atom. The quantitative estimate of drug-likeness (QED) is 0.447. The van der Waals surface area contributed by atoms with Crippen LogP contribution in [0.2, 0.25) is 0 Å². The summed E-state index contributed by atoms with van der Waals surface area (Å²) in [5.41, 5.74) is 4.18. The molecule has 0 atom stereocenters. The molecule has 0 spiro atoms. The number of amides is 1. The molecule has 3 rings (SSSR count). The fourth-order valence-electron chi connectivity index (χ4n) is 2.97. The van der Waals surface area contributed by atoms with Gasteiger partial charge in [-0.3, -0.25) is 14.4 Å². The number of esters is 1. The van der Waals surface area contributed by atoms with E-state index in [4.69, 9.17) is 9.15 Å². The van der Waals surface area contributed by atoms with Crippen molar-refractivity contribution in [2.75, 3.05) is 11.9 Å². The Hall–Kier alpha value is -3.41. The molecule has 162 valence electrons. The van der Waals surface area contributed by atoms with Gasteiger partial charge in [0.05, 0.1) is 12.7 Å². The summed E-state index contributed by atoms with van der Waals surface area (Å²) >= 11 is 0. The van der Waals surface area contributed by atoms with E-state index < -0.39 is 11.4 Å². The SMILES string of the molecule is Cc1cc2occ(CC(=O)OCC(=O)c3ccc(NC(=O)C(C)(C)C)cc3)c2cc1C. The molecule has 0 saturated heterocycles. The van der Waals surface area contributed by atoms with Gasteiger partial charge in [0.15, 0.2) is 12.4 Å². The fourth-order valence-corrected chi connectivity index (χ4v) is 2.97. The van der Waals surface area contributed by atoms with Crippen molar-refractivity contribution < 1.29 is 23.5 Å². The Labute approximate surface area is 181 Å². The largest absolute Gasteiger partial charge is 0.464 e. The third kappa shape index (κ3) is 5.40. The number of anilines is 1. The maximum atomic E-state index is 12.4. The van der Waals surface area contributed by atoms with Crippen LogP contribution in [0.3, 0.4) is 0 Å². The van der Waals surface area contributed by atoms with Crippen molar-refractivity contribution in [1.29, 1.82) is 0 Å². The van der Waals surface area contributed by atoms with E-state index in [-0.39, 0.29) is 24.7 Å². The molecule has 0 bridgehead atoms. The molecular weight excluding hydrogens is 394 g/mol. The first-order valence-corrected chi connectivity index (χ1v) is 10.1. The monoisotopic (exact) mass is 421 g/mol. The van der Waals surface area contributed by atoms with Gasteiger partial charge in [-0.2, -0.15) is 0 Å². The zero-order valence-corrected chi connectivity index (χ0v) is 18.5. The Morgan fingerprint density at radius 2 is 1.65 bits per heavy atom. The topological polar surface area (TPSA) is 85.6 Å². The number of hydrogen-bond donors (Lipinski definition) is 1. The summed E-state index contributed by atoms with van der Waals surface area (Å²) in [6.45, 7) is 9.13. The molecule has 0 unspecified atom stereocenters. The molecular formula is C25H27NO5. The van der Waals surface area contributed by atoms with Crippen molar-refractivity contribution in [1.82, 2.24) is 0 Å². The molecule has 2 aromatic carbocycles. The number of furan rings is 1. The second-order valence-electron chi connectivity index (χ2n) is 8.74. The molecule has 6 heteroatoms. The molecule has 1 N–H and O–H groups in total. The number of Topliss-reactive ketones (excluding diaryl/α,β-unsaturated/α-hetero) is 1. The number of benzene rings is 2. The number of ketones is 1. The van der Waals surface area contributed by atoms with E-state index in [1.807, 2.05) is 46.8 Å². The van der Waals surface area contributed by atoms with Gasteiger partial charge < -0.3 is 14.5 Å². The van der Waals surface area contributed by atoms with Crippen molar-refractivity contribution in [3.63, 3.8) is 0 Å². The van der Waals surface area contributed by atoms with Crippen LogP contribution < -0.4 is 5.32 Å². The van der Waals surface area contributed by atoms with E-state index in [0.29, 0.717) is 11.3 Å². The first kappa shape index (κ1) is 22.3. The molecule has 0 radical (unpaired) electrons. The molecule has 0 fully saturated rings. The zero-order chi connectivity index (χ0) is 22.8. The lowest BCUT2D eigenvalue weighted by molar-refractivity contribution is -0.141. The van der Waals surface area contributed by atoms with Crippen LogP contribution in [0.1, 0.15) is 47.8 Å². The van der Waals surface area contributed by atoms with Crippen molar-refractivity contribution >= 4 is 34.3 Å². The average Bonchev–Trinajstić information content (AvgIpc) is 3.07. The molecule has 0 aliphatic rings. The van der Waals surface area contributed by atoms with Crippen LogP contribution in [-0.2, 0) is 20.7 Å². The first-order valence-electron chi connectivity index (χ1n) is 10.1. The molecule has 1 amide bonds. The number of nitrogens with one attached hydrogen (secondary N) is 1. The van der Waals surface area contributed by atoms with E-state index in [2.05, 4.69) is 5.32 Å². The van der Waals surface area contributed by atoms with Gasteiger partial charge in [0.25, 0.3) is 0 Å². The number of aryl methyl sites for hydroxylation is 2. The van der Waals surface area contributed by atoms with Crippen LogP contribution in [0.25, 0.3) is 11.0 Å².